The van der Waals surface area contributed by atoms with Crippen molar-refractivity contribution in [3.63, 3.8) is 0 Å². The topological polar surface area (TPSA) is 109 Å². The number of carboxylic acid groups (broad SMARTS) is 1. The number of primary sulfonamides is 1. The Hall–Kier alpha value is -1.86. The van der Waals surface area contributed by atoms with Crippen LogP contribution in [0.2, 0.25) is 0 Å². The van der Waals surface area contributed by atoms with Gasteiger partial charge in [-0.1, -0.05) is 6.08 Å². The molecule has 0 aliphatic carbocycles. The molecule has 1 atom stereocenters. The fraction of sp³-hybridized carbons (Fsp3) is 0.182. The molecule has 0 aliphatic heterocycles. The van der Waals surface area contributed by atoms with Gasteiger partial charge in [-0.2, -0.15) is 0 Å². The molecule has 0 fully saturated rings. The summed E-state index contributed by atoms with van der Waals surface area (Å²) in [7, 11) is -3.73. The molecule has 0 amide bonds. The van der Waals surface area contributed by atoms with Gasteiger partial charge >= 0.3 is 5.97 Å². The monoisotopic (exact) mass is 270 g/mol. The molecule has 0 heterocycles. The van der Waals surface area contributed by atoms with Crippen molar-refractivity contribution >= 4 is 21.7 Å². The highest BCUT2D eigenvalue weighted by Crippen LogP contribution is 2.14. The third-order valence-corrected chi connectivity index (χ3v) is 3.15. The standard InChI is InChI=1S/C11H14N2O4S/c1-2-3-10(11(14)15)13-8-4-6-9(7-5-8)18(12,16)17/h2,4-7,10,13H,1,3H2,(H,14,15)(H2,12,16,17). The Bertz CT molecular complexity index is 537. The van der Waals surface area contributed by atoms with E-state index in [-0.39, 0.29) is 11.3 Å². The third kappa shape index (κ3) is 3.86. The van der Waals surface area contributed by atoms with E-state index in [2.05, 4.69) is 11.9 Å². The molecule has 98 valence electrons. The number of carbonyl (C=O) groups is 1. The smallest absolute Gasteiger partial charge is 0.326 e. The van der Waals surface area contributed by atoms with Gasteiger partial charge in [0.2, 0.25) is 10.0 Å². The second-order valence-corrected chi connectivity index (χ2v) is 5.19. The van der Waals surface area contributed by atoms with Crippen molar-refractivity contribution in [3.05, 3.63) is 36.9 Å². The van der Waals surface area contributed by atoms with Crippen LogP contribution < -0.4 is 10.5 Å². The first kappa shape index (κ1) is 14.2. The predicted molar refractivity (Wildman–Crippen MR) is 67.7 cm³/mol. The van der Waals surface area contributed by atoms with Gasteiger partial charge in [0.25, 0.3) is 0 Å². The van der Waals surface area contributed by atoms with E-state index >= 15 is 0 Å². The molecule has 0 aromatic heterocycles. The molecule has 0 aliphatic rings. The summed E-state index contributed by atoms with van der Waals surface area (Å²) in [5, 5.41) is 16.6. The average Bonchev–Trinajstić information content (AvgIpc) is 2.28. The quantitative estimate of drug-likeness (QED) is 0.661. The summed E-state index contributed by atoms with van der Waals surface area (Å²) < 4.78 is 22.1. The van der Waals surface area contributed by atoms with Crippen LogP contribution in [0.25, 0.3) is 0 Å². The lowest BCUT2D eigenvalue weighted by molar-refractivity contribution is -0.137. The van der Waals surface area contributed by atoms with E-state index in [1.54, 1.807) is 0 Å². The van der Waals surface area contributed by atoms with Gasteiger partial charge in [0.05, 0.1) is 4.90 Å². The summed E-state index contributed by atoms with van der Waals surface area (Å²) in [5.41, 5.74) is 0.497. The molecule has 0 radical (unpaired) electrons. The summed E-state index contributed by atoms with van der Waals surface area (Å²) in [6.07, 6.45) is 1.75. The second kappa shape index (κ2) is 5.65. The van der Waals surface area contributed by atoms with Crippen molar-refractivity contribution in [2.45, 2.75) is 17.4 Å². The van der Waals surface area contributed by atoms with Crippen molar-refractivity contribution in [1.29, 1.82) is 0 Å². The van der Waals surface area contributed by atoms with Crippen LogP contribution >= 0.6 is 0 Å². The predicted octanol–water partition coefficient (Wildman–Crippen LogP) is 0.775. The highest BCUT2D eigenvalue weighted by Gasteiger charge is 2.15. The Balaban J connectivity index is 2.86. The Morgan fingerprint density at radius 3 is 2.39 bits per heavy atom. The summed E-state index contributed by atoms with van der Waals surface area (Å²) >= 11 is 0. The van der Waals surface area contributed by atoms with E-state index in [4.69, 9.17) is 10.2 Å². The van der Waals surface area contributed by atoms with Gasteiger partial charge in [-0.3, -0.25) is 0 Å². The molecule has 7 heteroatoms. The number of aliphatic carboxylic acids is 1. The van der Waals surface area contributed by atoms with E-state index < -0.39 is 22.0 Å². The maximum Gasteiger partial charge on any atom is 0.326 e. The number of sulfonamides is 1. The Morgan fingerprint density at radius 1 is 1.44 bits per heavy atom. The highest BCUT2D eigenvalue weighted by atomic mass is 32.2. The summed E-state index contributed by atoms with van der Waals surface area (Å²) in [4.78, 5) is 10.9. The molecular formula is C11H14N2O4S. The third-order valence-electron chi connectivity index (χ3n) is 2.22. The number of nitrogens with two attached hydrogens (primary N) is 1. The minimum Gasteiger partial charge on any atom is -0.480 e. The fourth-order valence-corrected chi connectivity index (χ4v) is 1.85. The summed E-state index contributed by atoms with van der Waals surface area (Å²) in [5.74, 6) is -1.01. The first-order valence-electron chi connectivity index (χ1n) is 5.07. The molecule has 1 aromatic rings. The summed E-state index contributed by atoms with van der Waals surface area (Å²) in [6.45, 7) is 3.47. The Labute approximate surface area is 105 Å². The molecule has 18 heavy (non-hydrogen) atoms. The molecule has 6 nitrogen and oxygen atoms in total. The van der Waals surface area contributed by atoms with Gasteiger partial charge < -0.3 is 10.4 Å². The molecule has 4 N–H and O–H groups in total. The van der Waals surface area contributed by atoms with Crippen molar-refractivity contribution in [2.75, 3.05) is 5.32 Å². The number of rotatable bonds is 6. The summed E-state index contributed by atoms with van der Waals surface area (Å²) in [6, 6.07) is 4.73. The minimum atomic E-state index is -3.73. The molecule has 0 spiro atoms. The Morgan fingerprint density at radius 2 is 2.00 bits per heavy atom. The fourth-order valence-electron chi connectivity index (χ4n) is 1.33. The van der Waals surface area contributed by atoms with Crippen molar-refractivity contribution < 1.29 is 18.3 Å². The first-order chi connectivity index (χ1) is 8.34. The van der Waals surface area contributed by atoms with E-state index in [0.29, 0.717) is 5.69 Å². The second-order valence-electron chi connectivity index (χ2n) is 3.63. The molecule has 1 aromatic carbocycles. The van der Waals surface area contributed by atoms with E-state index in [1.807, 2.05) is 0 Å². The molecule has 0 saturated carbocycles. The lowest BCUT2D eigenvalue weighted by atomic mass is 10.2. The van der Waals surface area contributed by atoms with Gasteiger partial charge in [-0.05, 0) is 30.7 Å². The van der Waals surface area contributed by atoms with E-state index in [1.165, 1.54) is 30.3 Å². The SMILES string of the molecule is C=CCC(Nc1ccc(S(N)(=O)=O)cc1)C(=O)O. The first-order valence-corrected chi connectivity index (χ1v) is 6.62. The molecule has 0 saturated heterocycles. The lowest BCUT2D eigenvalue weighted by Gasteiger charge is -2.14. The number of benzene rings is 1. The number of hydrogen-bond donors (Lipinski definition) is 3. The van der Waals surface area contributed by atoms with Gasteiger partial charge in [0.15, 0.2) is 0 Å². The maximum atomic E-state index is 11.0. The normalized spacial score (nSPS) is 12.7. The van der Waals surface area contributed by atoms with Crippen LogP contribution in [0.3, 0.4) is 0 Å². The minimum absolute atomic E-state index is 0.0244. The molecular weight excluding hydrogens is 256 g/mol. The van der Waals surface area contributed by atoms with Crippen molar-refractivity contribution in [3.8, 4) is 0 Å². The van der Waals surface area contributed by atoms with Crippen molar-refractivity contribution in [2.24, 2.45) is 5.14 Å². The van der Waals surface area contributed by atoms with Gasteiger partial charge in [0.1, 0.15) is 6.04 Å². The van der Waals surface area contributed by atoms with E-state index in [0.717, 1.165) is 0 Å². The van der Waals surface area contributed by atoms with Crippen molar-refractivity contribution in [1.82, 2.24) is 0 Å². The van der Waals surface area contributed by atoms with Gasteiger partial charge in [-0.15, -0.1) is 6.58 Å². The zero-order chi connectivity index (χ0) is 13.8. The molecule has 0 bridgehead atoms. The largest absolute Gasteiger partial charge is 0.480 e. The maximum absolute atomic E-state index is 11.0. The number of anilines is 1. The molecule has 1 unspecified atom stereocenters. The van der Waals surface area contributed by atoms with Crippen LogP contribution in [0.5, 0.6) is 0 Å². The van der Waals surface area contributed by atoms with Crippen LogP contribution in [0, 0.1) is 0 Å². The number of carboxylic acids is 1. The average molecular weight is 270 g/mol. The van der Waals surface area contributed by atoms with Crippen LogP contribution in [-0.2, 0) is 14.8 Å². The van der Waals surface area contributed by atoms with Crippen LogP contribution in [0.1, 0.15) is 6.42 Å². The highest BCUT2D eigenvalue weighted by molar-refractivity contribution is 7.89. The number of hydrogen-bond acceptors (Lipinski definition) is 4. The lowest BCUT2D eigenvalue weighted by Crippen LogP contribution is -2.28. The Kier molecular flexibility index (Phi) is 4.46. The zero-order valence-corrected chi connectivity index (χ0v) is 10.4. The van der Waals surface area contributed by atoms with Crippen LogP contribution in [0.15, 0.2) is 41.8 Å². The van der Waals surface area contributed by atoms with E-state index in [9.17, 15) is 13.2 Å². The molecule has 1 rings (SSSR count). The van der Waals surface area contributed by atoms with Gasteiger partial charge in [-0.25, -0.2) is 18.4 Å². The van der Waals surface area contributed by atoms with Crippen LogP contribution in [0.4, 0.5) is 5.69 Å². The van der Waals surface area contributed by atoms with Crippen LogP contribution in [-0.4, -0.2) is 25.5 Å². The van der Waals surface area contributed by atoms with Gasteiger partial charge in [0, 0.05) is 5.69 Å². The number of nitrogens with one attached hydrogen (secondary N) is 1. The zero-order valence-electron chi connectivity index (χ0n) is 9.54.